The third-order valence-electron chi connectivity index (χ3n) is 5.53. The Kier molecular flexibility index (Phi) is 5.00. The number of piperidine rings is 1. The first-order chi connectivity index (χ1) is 13.5. The molecule has 2 aliphatic rings. The molecule has 0 radical (unpaired) electrons. The Balaban J connectivity index is 1.52. The van der Waals surface area contributed by atoms with Crippen LogP contribution < -0.4 is 0 Å². The highest BCUT2D eigenvalue weighted by Gasteiger charge is 2.38. The summed E-state index contributed by atoms with van der Waals surface area (Å²) in [5.74, 6) is -0.361. The van der Waals surface area contributed by atoms with E-state index in [2.05, 4.69) is 11.9 Å². The summed E-state index contributed by atoms with van der Waals surface area (Å²) in [6, 6.07) is 10.4. The molecule has 1 aromatic heterocycles. The fraction of sp³-hybridized carbons (Fsp3) is 0.381. The second-order valence-electron chi connectivity index (χ2n) is 7.38. The Morgan fingerprint density at radius 3 is 2.29 bits per heavy atom. The number of imide groups is 1. The number of fused-ring (bicyclic) bond motifs is 1. The second-order valence-corrected chi connectivity index (χ2v) is 7.38. The van der Waals surface area contributed by atoms with Crippen molar-refractivity contribution >= 4 is 17.7 Å². The zero-order valence-corrected chi connectivity index (χ0v) is 15.8. The fourth-order valence-corrected chi connectivity index (χ4v) is 3.91. The molecule has 7 nitrogen and oxygen atoms in total. The summed E-state index contributed by atoms with van der Waals surface area (Å²) in [4.78, 5) is 43.4. The summed E-state index contributed by atoms with van der Waals surface area (Å²) in [7, 11) is 2.06. The van der Waals surface area contributed by atoms with Crippen LogP contribution in [0, 0.1) is 0 Å². The van der Waals surface area contributed by atoms with E-state index >= 15 is 0 Å². The van der Waals surface area contributed by atoms with Crippen LogP contribution >= 0.6 is 0 Å². The summed E-state index contributed by atoms with van der Waals surface area (Å²) in [6.45, 7) is 1.89. The summed E-state index contributed by atoms with van der Waals surface area (Å²) in [6.07, 6.45) is 3.28. The van der Waals surface area contributed by atoms with Crippen molar-refractivity contribution in [3.63, 3.8) is 0 Å². The minimum Gasteiger partial charge on any atom is -0.467 e. The van der Waals surface area contributed by atoms with Crippen LogP contribution in [0.2, 0.25) is 0 Å². The first-order valence-corrected chi connectivity index (χ1v) is 9.50. The summed E-state index contributed by atoms with van der Waals surface area (Å²) >= 11 is 0. The largest absolute Gasteiger partial charge is 0.467 e. The third kappa shape index (κ3) is 3.45. The van der Waals surface area contributed by atoms with Crippen molar-refractivity contribution < 1.29 is 18.8 Å². The summed E-state index contributed by atoms with van der Waals surface area (Å²) in [5.41, 5.74) is 0.717. The van der Waals surface area contributed by atoms with Gasteiger partial charge in [0.1, 0.15) is 12.3 Å². The topological polar surface area (TPSA) is 74.1 Å². The number of carbonyl (C=O) groups excluding carboxylic acids is 3. The number of rotatable bonds is 5. The molecule has 0 N–H and O–H groups in total. The molecule has 1 aromatic carbocycles. The van der Waals surface area contributed by atoms with E-state index in [0.29, 0.717) is 23.4 Å². The van der Waals surface area contributed by atoms with Crippen molar-refractivity contribution in [3.8, 4) is 0 Å². The monoisotopic (exact) mass is 381 g/mol. The number of benzene rings is 1. The van der Waals surface area contributed by atoms with E-state index in [1.807, 2.05) is 6.07 Å². The van der Waals surface area contributed by atoms with Crippen molar-refractivity contribution in [1.29, 1.82) is 0 Å². The van der Waals surface area contributed by atoms with E-state index in [1.165, 1.54) is 0 Å². The van der Waals surface area contributed by atoms with E-state index in [4.69, 9.17) is 4.42 Å². The minimum atomic E-state index is -0.407. The predicted molar refractivity (Wildman–Crippen MR) is 102 cm³/mol. The second kappa shape index (κ2) is 7.59. The van der Waals surface area contributed by atoms with Gasteiger partial charge in [-0.2, -0.15) is 0 Å². The number of furan rings is 1. The standard InChI is InChI=1S/C21H23N3O4/c1-22-10-8-15(9-11-22)23(13-16-5-4-12-28-16)19(25)14-24-20(26)17-6-2-3-7-18(17)21(24)27/h2-7,12,15H,8-11,13-14H2,1H3. The maximum Gasteiger partial charge on any atom is 0.262 e. The Labute approximate surface area is 163 Å². The van der Waals surface area contributed by atoms with Crippen molar-refractivity contribution in [2.75, 3.05) is 26.7 Å². The number of amides is 3. The molecule has 0 bridgehead atoms. The van der Waals surface area contributed by atoms with Crippen molar-refractivity contribution in [3.05, 3.63) is 59.5 Å². The summed E-state index contributed by atoms with van der Waals surface area (Å²) < 4.78 is 5.44. The zero-order chi connectivity index (χ0) is 19.7. The van der Waals surface area contributed by atoms with Gasteiger partial charge in [0.25, 0.3) is 11.8 Å². The highest BCUT2D eigenvalue weighted by atomic mass is 16.3. The molecule has 0 unspecified atom stereocenters. The van der Waals surface area contributed by atoms with Crippen molar-refractivity contribution in [2.24, 2.45) is 0 Å². The molecule has 2 aliphatic heterocycles. The van der Waals surface area contributed by atoms with Crippen molar-refractivity contribution in [2.45, 2.75) is 25.4 Å². The number of carbonyl (C=O) groups is 3. The molecule has 2 aromatic rings. The molecule has 0 atom stereocenters. The zero-order valence-electron chi connectivity index (χ0n) is 15.8. The van der Waals surface area contributed by atoms with Gasteiger partial charge in [-0.25, -0.2) is 0 Å². The fourth-order valence-electron chi connectivity index (χ4n) is 3.91. The van der Waals surface area contributed by atoms with Gasteiger partial charge in [0.05, 0.1) is 23.9 Å². The Bertz CT molecular complexity index is 850. The molecule has 1 fully saturated rings. The molecule has 0 spiro atoms. The van der Waals surface area contributed by atoms with E-state index in [-0.39, 0.29) is 18.5 Å². The predicted octanol–water partition coefficient (Wildman–Crippen LogP) is 2.00. The van der Waals surface area contributed by atoms with E-state index in [9.17, 15) is 14.4 Å². The molecule has 4 rings (SSSR count). The lowest BCUT2D eigenvalue weighted by Crippen LogP contribution is -2.50. The van der Waals surface area contributed by atoms with Gasteiger partial charge in [0, 0.05) is 6.04 Å². The highest BCUT2D eigenvalue weighted by Crippen LogP contribution is 2.24. The molecule has 3 amide bonds. The maximum absolute atomic E-state index is 13.2. The molecule has 1 saturated heterocycles. The van der Waals surface area contributed by atoms with Crippen LogP contribution in [-0.2, 0) is 11.3 Å². The van der Waals surface area contributed by atoms with Crippen molar-refractivity contribution in [1.82, 2.24) is 14.7 Å². The van der Waals surface area contributed by atoms with Crippen LogP contribution in [0.5, 0.6) is 0 Å². The normalized spacial score (nSPS) is 17.8. The molecule has 0 aliphatic carbocycles. The van der Waals surface area contributed by atoms with Crippen LogP contribution in [0.15, 0.2) is 47.1 Å². The molecule has 146 valence electrons. The lowest BCUT2D eigenvalue weighted by Gasteiger charge is -2.37. The van der Waals surface area contributed by atoms with Gasteiger partial charge in [-0.3, -0.25) is 19.3 Å². The lowest BCUT2D eigenvalue weighted by molar-refractivity contribution is -0.135. The third-order valence-corrected chi connectivity index (χ3v) is 5.53. The van der Waals surface area contributed by atoms with E-state index in [0.717, 1.165) is 30.8 Å². The van der Waals surface area contributed by atoms with Gasteiger partial charge in [-0.05, 0) is 57.2 Å². The van der Waals surface area contributed by atoms with Gasteiger partial charge >= 0.3 is 0 Å². The van der Waals surface area contributed by atoms with Crippen LogP contribution in [0.4, 0.5) is 0 Å². The van der Waals surface area contributed by atoms with Gasteiger partial charge < -0.3 is 14.2 Å². The van der Waals surface area contributed by atoms with Crippen LogP contribution in [-0.4, -0.2) is 65.1 Å². The van der Waals surface area contributed by atoms with Crippen LogP contribution in [0.25, 0.3) is 0 Å². The maximum atomic E-state index is 13.2. The highest BCUT2D eigenvalue weighted by molar-refractivity contribution is 6.22. The van der Waals surface area contributed by atoms with E-state index in [1.54, 1.807) is 41.5 Å². The Morgan fingerprint density at radius 1 is 1.07 bits per heavy atom. The van der Waals surface area contributed by atoms with Gasteiger partial charge in [-0.15, -0.1) is 0 Å². The quantitative estimate of drug-likeness (QED) is 0.741. The molecular formula is C21H23N3O4. The average molecular weight is 381 g/mol. The molecule has 0 saturated carbocycles. The minimum absolute atomic E-state index is 0.0592. The van der Waals surface area contributed by atoms with E-state index < -0.39 is 11.8 Å². The number of nitrogens with zero attached hydrogens (tertiary/aromatic N) is 3. The first kappa shape index (κ1) is 18.4. The number of likely N-dealkylation sites (tertiary alicyclic amines) is 1. The number of hydrogen-bond donors (Lipinski definition) is 0. The number of hydrogen-bond acceptors (Lipinski definition) is 5. The van der Waals surface area contributed by atoms with Gasteiger partial charge in [0.2, 0.25) is 5.91 Å². The Morgan fingerprint density at radius 2 is 1.71 bits per heavy atom. The molecule has 7 heteroatoms. The lowest BCUT2D eigenvalue weighted by atomic mass is 10.0. The molecular weight excluding hydrogens is 358 g/mol. The average Bonchev–Trinajstić information content (AvgIpc) is 3.30. The summed E-state index contributed by atoms with van der Waals surface area (Å²) in [5, 5.41) is 0. The SMILES string of the molecule is CN1CCC(N(Cc2ccco2)C(=O)CN2C(=O)c3ccccc3C2=O)CC1. The van der Waals surface area contributed by atoms with Crippen LogP contribution in [0.3, 0.4) is 0 Å². The van der Waals surface area contributed by atoms with Gasteiger partial charge in [0.15, 0.2) is 0 Å². The van der Waals surface area contributed by atoms with Gasteiger partial charge in [-0.1, -0.05) is 12.1 Å². The molecule has 28 heavy (non-hydrogen) atoms. The Hall–Kier alpha value is -2.93. The van der Waals surface area contributed by atoms with Crippen LogP contribution in [0.1, 0.15) is 39.3 Å². The molecule has 3 heterocycles. The smallest absolute Gasteiger partial charge is 0.262 e. The first-order valence-electron chi connectivity index (χ1n) is 9.50.